The van der Waals surface area contributed by atoms with Gasteiger partial charge in [-0.3, -0.25) is 4.79 Å². The first-order valence-electron chi connectivity index (χ1n) is 7.03. The van der Waals surface area contributed by atoms with Crippen LogP contribution in [0.1, 0.15) is 32.1 Å². The molecule has 2 nitrogen and oxygen atoms in total. The Morgan fingerprint density at radius 3 is 2.95 bits per heavy atom. The number of thiophene rings is 1. The van der Waals surface area contributed by atoms with Crippen molar-refractivity contribution < 1.29 is 0 Å². The second kappa shape index (κ2) is 6.14. The Bertz CT molecular complexity index is 595. The van der Waals surface area contributed by atoms with E-state index < -0.39 is 0 Å². The Morgan fingerprint density at radius 1 is 1.26 bits per heavy atom. The average molecular weight is 293 g/mol. The van der Waals surface area contributed by atoms with Crippen LogP contribution < -0.4 is 5.43 Å². The molecule has 0 bridgehead atoms. The van der Waals surface area contributed by atoms with E-state index in [4.69, 9.17) is 0 Å². The summed E-state index contributed by atoms with van der Waals surface area (Å²) >= 11 is 3.66. The monoisotopic (exact) mass is 293 g/mol. The van der Waals surface area contributed by atoms with E-state index in [1.807, 2.05) is 11.6 Å². The molecule has 4 heteroatoms. The van der Waals surface area contributed by atoms with E-state index in [2.05, 4.69) is 22.4 Å². The SMILES string of the molecule is O=c1ccn(CCSC2CCCCC2)c2ccsc12. The number of rotatable bonds is 4. The molecule has 0 aliphatic heterocycles. The highest BCUT2D eigenvalue weighted by Gasteiger charge is 2.13. The predicted octanol–water partition coefficient (Wildman–Crippen LogP) is 4.13. The van der Waals surface area contributed by atoms with Crippen molar-refractivity contribution >= 4 is 33.3 Å². The van der Waals surface area contributed by atoms with Gasteiger partial charge in [-0.25, -0.2) is 0 Å². The third-order valence-corrected chi connectivity index (χ3v) is 6.10. The van der Waals surface area contributed by atoms with Crippen molar-refractivity contribution in [2.45, 2.75) is 43.9 Å². The molecule has 3 rings (SSSR count). The van der Waals surface area contributed by atoms with Crippen molar-refractivity contribution in [3.8, 4) is 0 Å². The number of thioether (sulfide) groups is 1. The molecular formula is C15H19NOS2. The normalized spacial score (nSPS) is 17.1. The lowest BCUT2D eigenvalue weighted by atomic mass is 10.0. The third kappa shape index (κ3) is 3.06. The molecule has 1 saturated carbocycles. The minimum absolute atomic E-state index is 0.154. The van der Waals surface area contributed by atoms with Crippen molar-refractivity contribution in [1.29, 1.82) is 0 Å². The van der Waals surface area contributed by atoms with Crippen LogP contribution >= 0.6 is 23.1 Å². The molecule has 0 atom stereocenters. The van der Waals surface area contributed by atoms with Crippen LogP contribution in [0.5, 0.6) is 0 Å². The molecule has 0 aromatic carbocycles. The van der Waals surface area contributed by atoms with Crippen LogP contribution in [-0.2, 0) is 6.54 Å². The Labute approximate surface area is 121 Å². The molecule has 0 spiro atoms. The second-order valence-electron chi connectivity index (χ2n) is 5.14. The quantitative estimate of drug-likeness (QED) is 0.845. The smallest absolute Gasteiger partial charge is 0.199 e. The van der Waals surface area contributed by atoms with Gasteiger partial charge in [-0.1, -0.05) is 19.3 Å². The highest BCUT2D eigenvalue weighted by Crippen LogP contribution is 2.28. The first-order valence-corrected chi connectivity index (χ1v) is 8.96. The first-order chi connectivity index (χ1) is 9.34. The fourth-order valence-electron chi connectivity index (χ4n) is 2.77. The lowest BCUT2D eigenvalue weighted by molar-refractivity contribution is 0.515. The van der Waals surface area contributed by atoms with Gasteiger partial charge in [0.1, 0.15) is 0 Å². The van der Waals surface area contributed by atoms with Gasteiger partial charge >= 0.3 is 0 Å². The number of aryl methyl sites for hydroxylation is 1. The molecule has 2 aromatic rings. The van der Waals surface area contributed by atoms with Gasteiger partial charge in [-0.05, 0) is 24.3 Å². The minimum Gasteiger partial charge on any atom is -0.346 e. The van der Waals surface area contributed by atoms with Crippen LogP contribution in [0.15, 0.2) is 28.5 Å². The highest BCUT2D eigenvalue weighted by molar-refractivity contribution is 7.99. The van der Waals surface area contributed by atoms with Crippen LogP contribution in [-0.4, -0.2) is 15.6 Å². The van der Waals surface area contributed by atoms with E-state index in [1.165, 1.54) is 32.1 Å². The fraction of sp³-hybridized carbons (Fsp3) is 0.533. The van der Waals surface area contributed by atoms with Crippen molar-refractivity contribution in [2.24, 2.45) is 0 Å². The number of aromatic nitrogens is 1. The number of fused-ring (bicyclic) bond motifs is 1. The van der Waals surface area contributed by atoms with Crippen LogP contribution in [0.25, 0.3) is 10.2 Å². The highest BCUT2D eigenvalue weighted by atomic mass is 32.2. The molecule has 19 heavy (non-hydrogen) atoms. The zero-order chi connectivity index (χ0) is 13.1. The van der Waals surface area contributed by atoms with Crippen molar-refractivity contribution in [3.05, 3.63) is 33.9 Å². The van der Waals surface area contributed by atoms with Crippen LogP contribution in [0.4, 0.5) is 0 Å². The molecule has 0 N–H and O–H groups in total. The summed E-state index contributed by atoms with van der Waals surface area (Å²) in [5, 5.41) is 2.88. The Hall–Kier alpha value is -0.740. The molecule has 0 radical (unpaired) electrons. The molecule has 0 unspecified atom stereocenters. The summed E-state index contributed by atoms with van der Waals surface area (Å²) in [6.07, 6.45) is 8.96. The topological polar surface area (TPSA) is 22.0 Å². The van der Waals surface area contributed by atoms with E-state index in [0.29, 0.717) is 0 Å². The average Bonchev–Trinajstić information content (AvgIpc) is 2.93. The molecule has 2 heterocycles. The molecule has 2 aromatic heterocycles. The van der Waals surface area contributed by atoms with E-state index in [9.17, 15) is 4.79 Å². The summed E-state index contributed by atoms with van der Waals surface area (Å²) in [5.74, 6) is 1.15. The lowest BCUT2D eigenvalue weighted by Crippen LogP contribution is -2.12. The van der Waals surface area contributed by atoms with Crippen LogP contribution in [0.2, 0.25) is 0 Å². The van der Waals surface area contributed by atoms with Gasteiger partial charge < -0.3 is 4.57 Å². The van der Waals surface area contributed by atoms with Gasteiger partial charge in [0.05, 0.1) is 10.2 Å². The molecule has 1 aliphatic carbocycles. The van der Waals surface area contributed by atoms with Gasteiger partial charge in [0.15, 0.2) is 5.43 Å². The molecular weight excluding hydrogens is 274 g/mol. The molecule has 102 valence electrons. The number of pyridine rings is 1. The molecule has 1 fully saturated rings. The van der Waals surface area contributed by atoms with Gasteiger partial charge in [-0.15, -0.1) is 11.3 Å². The van der Waals surface area contributed by atoms with Crippen molar-refractivity contribution in [2.75, 3.05) is 5.75 Å². The van der Waals surface area contributed by atoms with E-state index in [0.717, 1.165) is 27.8 Å². The molecule has 0 amide bonds. The number of nitrogens with zero attached hydrogens (tertiary/aromatic N) is 1. The summed E-state index contributed by atoms with van der Waals surface area (Å²) in [6, 6.07) is 3.76. The summed E-state index contributed by atoms with van der Waals surface area (Å²) in [6.45, 7) is 1.01. The predicted molar refractivity (Wildman–Crippen MR) is 85.4 cm³/mol. The summed E-state index contributed by atoms with van der Waals surface area (Å²) in [7, 11) is 0. The first kappa shape index (κ1) is 13.3. The van der Waals surface area contributed by atoms with Crippen molar-refractivity contribution in [1.82, 2.24) is 4.57 Å². The van der Waals surface area contributed by atoms with E-state index >= 15 is 0 Å². The van der Waals surface area contributed by atoms with Crippen molar-refractivity contribution in [3.63, 3.8) is 0 Å². The maximum Gasteiger partial charge on any atom is 0.199 e. The zero-order valence-electron chi connectivity index (χ0n) is 11.0. The third-order valence-electron chi connectivity index (χ3n) is 3.82. The minimum atomic E-state index is 0.154. The van der Waals surface area contributed by atoms with Gasteiger partial charge in [0.2, 0.25) is 0 Å². The van der Waals surface area contributed by atoms with E-state index in [-0.39, 0.29) is 5.43 Å². The van der Waals surface area contributed by atoms with Crippen LogP contribution in [0, 0.1) is 0 Å². The summed E-state index contributed by atoms with van der Waals surface area (Å²) in [4.78, 5) is 11.7. The van der Waals surface area contributed by atoms with Gasteiger partial charge in [0, 0.05) is 29.8 Å². The molecule has 0 saturated heterocycles. The maximum absolute atomic E-state index is 11.7. The van der Waals surface area contributed by atoms with E-state index in [1.54, 1.807) is 17.4 Å². The van der Waals surface area contributed by atoms with Gasteiger partial charge in [-0.2, -0.15) is 11.8 Å². The number of hydrogen-bond donors (Lipinski definition) is 0. The second-order valence-corrected chi connectivity index (χ2v) is 7.46. The zero-order valence-corrected chi connectivity index (χ0v) is 12.6. The Morgan fingerprint density at radius 2 is 2.11 bits per heavy atom. The summed E-state index contributed by atoms with van der Waals surface area (Å²) < 4.78 is 3.12. The molecule has 1 aliphatic rings. The Balaban J connectivity index is 1.63. The lowest BCUT2D eigenvalue weighted by Gasteiger charge is -2.21. The standard InChI is InChI=1S/C15H19NOS2/c17-14-6-8-16(13-7-10-19-15(13)14)9-11-18-12-4-2-1-3-5-12/h6-8,10,12H,1-5,9,11H2. The Kier molecular flexibility index (Phi) is 4.28. The largest absolute Gasteiger partial charge is 0.346 e. The summed E-state index contributed by atoms with van der Waals surface area (Å²) in [5.41, 5.74) is 1.25. The fourth-order valence-corrected chi connectivity index (χ4v) is 4.90. The van der Waals surface area contributed by atoms with Crippen LogP contribution in [0.3, 0.4) is 0 Å². The number of hydrogen-bond acceptors (Lipinski definition) is 3. The maximum atomic E-state index is 11.7. The van der Waals surface area contributed by atoms with Gasteiger partial charge in [0.25, 0.3) is 0 Å².